The zero-order chi connectivity index (χ0) is 18.0. The van der Waals surface area contributed by atoms with Crippen LogP contribution >= 0.6 is 23.2 Å². The quantitative estimate of drug-likeness (QED) is 0.499. The fourth-order valence-corrected chi connectivity index (χ4v) is 2.57. The number of aromatic nitrogens is 1. The summed E-state index contributed by atoms with van der Waals surface area (Å²) >= 11 is 11.9. The number of H-pyrrole nitrogens is 1. The maximum Gasteiger partial charge on any atom is 0.356 e. The van der Waals surface area contributed by atoms with Crippen molar-refractivity contribution in [2.24, 2.45) is 0 Å². The summed E-state index contributed by atoms with van der Waals surface area (Å²) in [4.78, 5) is 36.6. The number of esters is 2. The molecule has 0 spiro atoms. The van der Waals surface area contributed by atoms with Gasteiger partial charge in [-0.15, -0.1) is 0 Å². The molecule has 0 aliphatic heterocycles. The number of methoxy groups -OCH3 is 2. The number of nitrogens with zero attached hydrogens (tertiary/aromatic N) is 1. The van der Waals surface area contributed by atoms with Gasteiger partial charge in [0, 0.05) is 11.6 Å². The smallest absolute Gasteiger partial charge is 0.356 e. The Hall–Kier alpha value is -2.58. The molecule has 2 rings (SSSR count). The van der Waals surface area contributed by atoms with Crippen LogP contribution in [0.3, 0.4) is 0 Å². The Kier molecular flexibility index (Phi) is 5.10. The summed E-state index contributed by atoms with van der Waals surface area (Å²) in [5, 5.41) is 10.8. The average molecular weight is 373 g/mol. The van der Waals surface area contributed by atoms with E-state index in [9.17, 15) is 19.7 Å². The predicted molar refractivity (Wildman–Crippen MR) is 85.6 cm³/mol. The molecule has 0 aliphatic rings. The van der Waals surface area contributed by atoms with Gasteiger partial charge in [-0.25, -0.2) is 9.59 Å². The third-order valence-corrected chi connectivity index (χ3v) is 3.85. The number of aromatic amines is 1. The molecule has 0 unspecified atom stereocenters. The number of hydrogen-bond acceptors (Lipinski definition) is 6. The Labute approximate surface area is 145 Å². The van der Waals surface area contributed by atoms with E-state index < -0.39 is 16.9 Å². The normalized spacial score (nSPS) is 10.3. The third-order valence-electron chi connectivity index (χ3n) is 3.15. The summed E-state index contributed by atoms with van der Waals surface area (Å²) < 4.78 is 9.22. The lowest BCUT2D eigenvalue weighted by Crippen LogP contribution is -2.06. The molecule has 1 aromatic carbocycles. The Balaban J connectivity index is 2.75. The first kappa shape index (κ1) is 17.8. The van der Waals surface area contributed by atoms with Gasteiger partial charge in [0.15, 0.2) is 0 Å². The summed E-state index contributed by atoms with van der Waals surface area (Å²) in [5.41, 5.74) is -0.403. The lowest BCUT2D eigenvalue weighted by Gasteiger charge is -2.05. The highest BCUT2D eigenvalue weighted by Crippen LogP contribution is 2.38. The standard InChI is InChI=1S/C14H10Cl2N2O6/c1-23-13(19)11-9(10(16)12(17-11)14(20)24-2)6-3-4-7(15)8(5-6)18(21)22/h3-5,17H,1-2H3. The van der Waals surface area contributed by atoms with Crippen LogP contribution in [-0.2, 0) is 9.47 Å². The van der Waals surface area contributed by atoms with Gasteiger partial charge in [0.2, 0.25) is 0 Å². The van der Waals surface area contributed by atoms with Gasteiger partial charge < -0.3 is 14.5 Å². The Bertz CT molecular complexity index is 846. The molecule has 0 saturated carbocycles. The van der Waals surface area contributed by atoms with Gasteiger partial charge in [-0.1, -0.05) is 29.3 Å². The van der Waals surface area contributed by atoms with Gasteiger partial charge in [0.1, 0.15) is 16.4 Å². The van der Waals surface area contributed by atoms with E-state index in [-0.39, 0.29) is 38.2 Å². The van der Waals surface area contributed by atoms with E-state index in [1.165, 1.54) is 12.1 Å². The molecule has 1 aromatic heterocycles. The highest BCUT2D eigenvalue weighted by molar-refractivity contribution is 6.37. The molecular formula is C14H10Cl2N2O6. The van der Waals surface area contributed by atoms with Gasteiger partial charge in [0.25, 0.3) is 5.69 Å². The fraction of sp³-hybridized carbons (Fsp3) is 0.143. The molecule has 0 radical (unpaired) electrons. The molecule has 0 bridgehead atoms. The van der Waals surface area contributed by atoms with Crippen molar-refractivity contribution in [1.82, 2.24) is 4.98 Å². The summed E-state index contributed by atoms with van der Waals surface area (Å²) in [6, 6.07) is 3.86. The number of carbonyl (C=O) groups is 2. The minimum Gasteiger partial charge on any atom is -0.464 e. The second-order valence-corrected chi connectivity index (χ2v) is 5.26. The first-order chi connectivity index (χ1) is 11.3. The van der Waals surface area contributed by atoms with Gasteiger partial charge in [0.05, 0.1) is 24.2 Å². The van der Waals surface area contributed by atoms with Crippen LogP contribution in [0.1, 0.15) is 21.0 Å². The highest BCUT2D eigenvalue weighted by Gasteiger charge is 2.28. The molecule has 24 heavy (non-hydrogen) atoms. The summed E-state index contributed by atoms with van der Waals surface area (Å²) in [5.74, 6) is -1.61. The number of halogens is 2. The van der Waals surface area contributed by atoms with Crippen LogP contribution in [0.4, 0.5) is 5.69 Å². The van der Waals surface area contributed by atoms with Crippen molar-refractivity contribution in [1.29, 1.82) is 0 Å². The molecule has 2 aromatic rings. The first-order valence-corrected chi connectivity index (χ1v) is 7.09. The van der Waals surface area contributed by atoms with Crippen molar-refractivity contribution < 1.29 is 24.0 Å². The fourth-order valence-electron chi connectivity index (χ4n) is 2.05. The van der Waals surface area contributed by atoms with Gasteiger partial charge >= 0.3 is 11.9 Å². The van der Waals surface area contributed by atoms with Crippen LogP contribution < -0.4 is 0 Å². The number of ether oxygens (including phenoxy) is 2. The molecule has 8 nitrogen and oxygen atoms in total. The van der Waals surface area contributed by atoms with E-state index in [2.05, 4.69) is 14.5 Å². The summed E-state index contributed by atoms with van der Waals surface area (Å²) in [7, 11) is 2.28. The molecular weight excluding hydrogens is 363 g/mol. The maximum atomic E-state index is 11.9. The Morgan fingerprint density at radius 1 is 1.12 bits per heavy atom. The largest absolute Gasteiger partial charge is 0.464 e. The number of nitro groups is 1. The predicted octanol–water partition coefficient (Wildman–Crippen LogP) is 3.47. The number of benzene rings is 1. The molecule has 0 fully saturated rings. The zero-order valence-corrected chi connectivity index (χ0v) is 13.9. The third kappa shape index (κ3) is 3.06. The minimum absolute atomic E-state index is 0.0729. The minimum atomic E-state index is -0.806. The molecule has 0 aliphatic carbocycles. The Morgan fingerprint density at radius 3 is 2.25 bits per heavy atom. The average Bonchev–Trinajstić information content (AvgIpc) is 2.91. The molecule has 1 N–H and O–H groups in total. The van der Waals surface area contributed by atoms with Gasteiger partial charge in [-0.3, -0.25) is 10.1 Å². The molecule has 1 heterocycles. The van der Waals surface area contributed by atoms with Crippen molar-refractivity contribution >= 4 is 40.8 Å². The zero-order valence-electron chi connectivity index (χ0n) is 12.4. The first-order valence-electron chi connectivity index (χ1n) is 6.34. The van der Waals surface area contributed by atoms with Crippen molar-refractivity contribution in [2.75, 3.05) is 14.2 Å². The van der Waals surface area contributed by atoms with E-state index in [0.717, 1.165) is 20.3 Å². The number of nitrogens with one attached hydrogen (secondary N) is 1. The van der Waals surface area contributed by atoms with E-state index in [4.69, 9.17) is 23.2 Å². The molecule has 10 heteroatoms. The van der Waals surface area contributed by atoms with E-state index in [1.54, 1.807) is 0 Å². The Morgan fingerprint density at radius 2 is 1.71 bits per heavy atom. The summed E-state index contributed by atoms with van der Waals surface area (Å²) in [6.45, 7) is 0. The number of rotatable bonds is 4. The van der Waals surface area contributed by atoms with E-state index >= 15 is 0 Å². The van der Waals surface area contributed by atoms with Crippen molar-refractivity contribution in [3.05, 3.63) is 49.7 Å². The second-order valence-electron chi connectivity index (χ2n) is 4.47. The van der Waals surface area contributed by atoms with Gasteiger partial charge in [-0.05, 0) is 11.6 Å². The van der Waals surface area contributed by atoms with Crippen LogP contribution in [0.2, 0.25) is 10.0 Å². The summed E-state index contributed by atoms with van der Waals surface area (Å²) in [6.07, 6.45) is 0. The number of carbonyl (C=O) groups excluding carboxylic acids is 2. The van der Waals surface area contributed by atoms with E-state index in [0.29, 0.717) is 0 Å². The highest BCUT2D eigenvalue weighted by atomic mass is 35.5. The number of nitro benzene ring substituents is 1. The maximum absolute atomic E-state index is 11.9. The van der Waals surface area contributed by atoms with Crippen molar-refractivity contribution in [2.45, 2.75) is 0 Å². The number of hydrogen-bond donors (Lipinski definition) is 1. The van der Waals surface area contributed by atoms with Crippen LogP contribution in [0.15, 0.2) is 18.2 Å². The lowest BCUT2D eigenvalue weighted by atomic mass is 10.0. The van der Waals surface area contributed by atoms with Crippen LogP contribution in [0.25, 0.3) is 11.1 Å². The second kappa shape index (κ2) is 6.90. The molecule has 0 saturated heterocycles. The molecule has 0 amide bonds. The SMILES string of the molecule is COC(=O)c1[nH]c(C(=O)OC)c(-c2ccc(Cl)c([N+](=O)[O-])c2)c1Cl. The molecule has 126 valence electrons. The van der Waals surface area contributed by atoms with E-state index in [1.807, 2.05) is 0 Å². The van der Waals surface area contributed by atoms with Crippen molar-refractivity contribution in [3.8, 4) is 11.1 Å². The van der Waals surface area contributed by atoms with Gasteiger partial charge in [-0.2, -0.15) is 0 Å². The topological polar surface area (TPSA) is 112 Å². The van der Waals surface area contributed by atoms with Crippen LogP contribution in [-0.4, -0.2) is 36.1 Å². The monoisotopic (exact) mass is 372 g/mol. The van der Waals surface area contributed by atoms with Crippen molar-refractivity contribution in [3.63, 3.8) is 0 Å². The molecule has 0 atom stereocenters. The van der Waals surface area contributed by atoms with Crippen LogP contribution in [0, 0.1) is 10.1 Å². The van der Waals surface area contributed by atoms with Crippen LogP contribution in [0.5, 0.6) is 0 Å². The lowest BCUT2D eigenvalue weighted by molar-refractivity contribution is -0.384.